The van der Waals surface area contributed by atoms with Crippen molar-refractivity contribution < 1.29 is 4.42 Å². The zero-order valence-corrected chi connectivity index (χ0v) is 7.58. The minimum Gasteiger partial charge on any atom is -0.457 e. The molecular weight excluding hydrogens is 160 g/mol. The van der Waals surface area contributed by atoms with Crippen LogP contribution in [0.2, 0.25) is 0 Å². The summed E-state index contributed by atoms with van der Waals surface area (Å²) in [5.41, 5.74) is 2.57. The van der Waals surface area contributed by atoms with E-state index in [1.807, 2.05) is 6.07 Å². The van der Waals surface area contributed by atoms with Crippen molar-refractivity contribution in [1.82, 2.24) is 0 Å². The van der Waals surface area contributed by atoms with Crippen molar-refractivity contribution >= 4 is 0 Å². The van der Waals surface area contributed by atoms with E-state index in [1.165, 1.54) is 11.1 Å². The third-order valence-corrected chi connectivity index (χ3v) is 1.99. The first-order chi connectivity index (χ1) is 6.34. The average Bonchev–Trinajstić information content (AvgIpc) is 2.57. The molecule has 1 radical (unpaired) electrons. The van der Waals surface area contributed by atoms with E-state index in [2.05, 4.69) is 37.5 Å². The monoisotopic (exact) mass is 171 g/mol. The van der Waals surface area contributed by atoms with Crippen LogP contribution >= 0.6 is 0 Å². The van der Waals surface area contributed by atoms with Gasteiger partial charge in [0, 0.05) is 6.42 Å². The molecule has 0 saturated heterocycles. The predicted octanol–water partition coefficient (Wildman–Crippen LogP) is 2.98. The Morgan fingerprint density at radius 2 is 2.23 bits per heavy atom. The summed E-state index contributed by atoms with van der Waals surface area (Å²) in [7, 11) is 0. The Balaban J connectivity index is 2.19. The minimum absolute atomic E-state index is 0.852. The summed E-state index contributed by atoms with van der Waals surface area (Å²) in [6.45, 7) is 2.10. The maximum atomic E-state index is 5.15. The van der Waals surface area contributed by atoms with Gasteiger partial charge in [-0.2, -0.15) is 0 Å². The van der Waals surface area contributed by atoms with Crippen molar-refractivity contribution in [3.05, 3.63) is 59.5 Å². The van der Waals surface area contributed by atoms with Gasteiger partial charge < -0.3 is 4.42 Å². The number of hydrogen-bond donors (Lipinski definition) is 0. The van der Waals surface area contributed by atoms with Gasteiger partial charge >= 0.3 is 0 Å². The molecule has 0 amide bonds. The summed E-state index contributed by atoms with van der Waals surface area (Å²) in [5, 5.41) is 0. The Hall–Kier alpha value is -1.50. The zero-order chi connectivity index (χ0) is 9.10. The van der Waals surface area contributed by atoms with Crippen LogP contribution in [0.5, 0.6) is 0 Å². The van der Waals surface area contributed by atoms with Crippen LogP contribution in [0.3, 0.4) is 0 Å². The van der Waals surface area contributed by atoms with E-state index >= 15 is 0 Å². The van der Waals surface area contributed by atoms with Crippen molar-refractivity contribution in [1.29, 1.82) is 0 Å². The fourth-order valence-electron chi connectivity index (χ4n) is 1.39. The fourth-order valence-corrected chi connectivity index (χ4v) is 1.39. The fraction of sp³-hybridized carbons (Fsp3) is 0.167. The van der Waals surface area contributed by atoms with Gasteiger partial charge in [-0.1, -0.05) is 29.8 Å². The molecule has 1 heteroatoms. The first-order valence-corrected chi connectivity index (χ1v) is 4.35. The first-order valence-electron chi connectivity index (χ1n) is 4.35. The highest BCUT2D eigenvalue weighted by molar-refractivity contribution is 5.25. The van der Waals surface area contributed by atoms with Crippen LogP contribution < -0.4 is 0 Å². The Morgan fingerprint density at radius 1 is 1.31 bits per heavy atom. The molecule has 0 saturated carbocycles. The molecule has 0 aliphatic rings. The number of furan rings is 1. The smallest absolute Gasteiger partial charge is 0.169 e. The minimum atomic E-state index is 0.852. The van der Waals surface area contributed by atoms with E-state index in [-0.39, 0.29) is 0 Å². The highest BCUT2D eigenvalue weighted by Crippen LogP contribution is 2.10. The van der Waals surface area contributed by atoms with Crippen molar-refractivity contribution in [2.75, 3.05) is 0 Å². The van der Waals surface area contributed by atoms with Gasteiger partial charge in [0.15, 0.2) is 6.26 Å². The molecule has 1 heterocycles. The van der Waals surface area contributed by atoms with Gasteiger partial charge in [-0.25, -0.2) is 0 Å². The number of benzene rings is 1. The summed E-state index contributed by atoms with van der Waals surface area (Å²) >= 11 is 0. The van der Waals surface area contributed by atoms with Crippen molar-refractivity contribution in [2.24, 2.45) is 0 Å². The topological polar surface area (TPSA) is 13.1 Å². The molecule has 13 heavy (non-hydrogen) atoms. The Kier molecular flexibility index (Phi) is 2.17. The predicted molar refractivity (Wildman–Crippen MR) is 51.5 cm³/mol. The quantitative estimate of drug-likeness (QED) is 0.677. The molecule has 65 valence electrons. The third-order valence-electron chi connectivity index (χ3n) is 1.99. The van der Waals surface area contributed by atoms with Crippen molar-refractivity contribution in [3.8, 4) is 0 Å². The second-order valence-corrected chi connectivity index (χ2v) is 3.19. The molecule has 0 spiro atoms. The summed E-state index contributed by atoms with van der Waals surface area (Å²) in [4.78, 5) is 0. The number of hydrogen-bond acceptors (Lipinski definition) is 1. The standard InChI is InChI=1S/C12H11O/c1-10-4-2-5-11(8-10)9-12-6-3-7-13-12/h2-6,8H,9H2,1H3. The molecule has 1 nitrogen and oxygen atoms in total. The summed E-state index contributed by atoms with van der Waals surface area (Å²) in [6.07, 6.45) is 3.54. The lowest BCUT2D eigenvalue weighted by Gasteiger charge is -1.98. The van der Waals surface area contributed by atoms with E-state index in [0.29, 0.717) is 0 Å². The summed E-state index contributed by atoms with van der Waals surface area (Å²) < 4.78 is 5.15. The second kappa shape index (κ2) is 3.48. The number of aryl methyl sites for hydroxylation is 1. The van der Waals surface area contributed by atoms with Gasteiger partial charge in [0.25, 0.3) is 0 Å². The average molecular weight is 171 g/mol. The van der Waals surface area contributed by atoms with Gasteiger partial charge in [0.1, 0.15) is 5.76 Å². The molecule has 2 rings (SSSR count). The van der Waals surface area contributed by atoms with Gasteiger partial charge in [-0.3, -0.25) is 0 Å². The maximum absolute atomic E-state index is 5.15. The van der Waals surface area contributed by atoms with E-state index in [0.717, 1.165) is 12.2 Å². The molecule has 1 aromatic carbocycles. The van der Waals surface area contributed by atoms with Crippen LogP contribution in [0.1, 0.15) is 16.9 Å². The zero-order valence-electron chi connectivity index (χ0n) is 7.58. The van der Waals surface area contributed by atoms with Gasteiger partial charge in [-0.05, 0) is 24.6 Å². The van der Waals surface area contributed by atoms with Crippen LogP contribution in [-0.2, 0) is 6.42 Å². The molecule has 0 bridgehead atoms. The lowest BCUT2D eigenvalue weighted by atomic mass is 10.1. The Labute approximate surface area is 78.0 Å². The molecule has 0 aliphatic carbocycles. The van der Waals surface area contributed by atoms with E-state index in [9.17, 15) is 0 Å². The molecule has 0 N–H and O–H groups in total. The SMILES string of the molecule is Cc1cccc(Cc2cc[c]o2)c1. The molecular formula is C12H11O. The third kappa shape index (κ3) is 2.00. The van der Waals surface area contributed by atoms with Crippen LogP contribution in [0.25, 0.3) is 0 Å². The van der Waals surface area contributed by atoms with Crippen molar-refractivity contribution in [3.63, 3.8) is 0 Å². The first kappa shape index (κ1) is 8.11. The highest BCUT2D eigenvalue weighted by Gasteiger charge is 1.98. The van der Waals surface area contributed by atoms with E-state index < -0.39 is 0 Å². The van der Waals surface area contributed by atoms with Crippen molar-refractivity contribution in [2.45, 2.75) is 13.3 Å². The van der Waals surface area contributed by atoms with Gasteiger partial charge in [0.2, 0.25) is 0 Å². The molecule has 2 aromatic rings. The summed E-state index contributed by atoms with van der Waals surface area (Å²) in [6, 6.07) is 12.2. The highest BCUT2D eigenvalue weighted by atomic mass is 16.3. The summed E-state index contributed by atoms with van der Waals surface area (Å²) in [5.74, 6) is 0.964. The van der Waals surface area contributed by atoms with Crippen LogP contribution in [0.15, 0.2) is 40.8 Å². The van der Waals surface area contributed by atoms with Crippen LogP contribution in [0.4, 0.5) is 0 Å². The lowest BCUT2D eigenvalue weighted by Crippen LogP contribution is -1.85. The lowest BCUT2D eigenvalue weighted by molar-refractivity contribution is 0.513. The normalized spacial score (nSPS) is 10.2. The molecule has 1 aromatic heterocycles. The van der Waals surface area contributed by atoms with E-state index in [1.54, 1.807) is 6.07 Å². The number of rotatable bonds is 2. The molecule has 0 unspecified atom stereocenters. The van der Waals surface area contributed by atoms with Gasteiger partial charge in [0.05, 0.1) is 0 Å². The van der Waals surface area contributed by atoms with E-state index in [4.69, 9.17) is 4.42 Å². The largest absolute Gasteiger partial charge is 0.457 e. The Morgan fingerprint density at radius 3 is 2.92 bits per heavy atom. The molecule has 0 atom stereocenters. The van der Waals surface area contributed by atoms with Crippen LogP contribution in [0, 0.1) is 13.2 Å². The van der Waals surface area contributed by atoms with Gasteiger partial charge in [-0.15, -0.1) is 0 Å². The Bertz CT molecular complexity index is 374. The van der Waals surface area contributed by atoms with Crippen LogP contribution in [-0.4, -0.2) is 0 Å². The maximum Gasteiger partial charge on any atom is 0.169 e. The second-order valence-electron chi connectivity index (χ2n) is 3.19. The molecule has 0 aliphatic heterocycles. The molecule has 0 fully saturated rings.